The average Bonchev–Trinajstić information content (AvgIpc) is 2.58. The highest BCUT2D eigenvalue weighted by atomic mass is 16.3. The van der Waals surface area contributed by atoms with Crippen LogP contribution >= 0.6 is 0 Å². The Morgan fingerprint density at radius 3 is 1.54 bits per heavy atom. The zero-order valence-electron chi connectivity index (χ0n) is 13.7. The van der Waals surface area contributed by atoms with Gasteiger partial charge in [-0.25, -0.2) is 0 Å². The molecule has 0 atom stereocenters. The fraction of sp³-hybridized carbons (Fsp3) is 0.100. The van der Waals surface area contributed by atoms with Gasteiger partial charge in [0.05, 0.1) is 0 Å². The van der Waals surface area contributed by atoms with Crippen LogP contribution in [0.2, 0.25) is 0 Å². The van der Waals surface area contributed by atoms with Crippen LogP contribution in [0.1, 0.15) is 22.3 Å². The van der Waals surface area contributed by atoms with Crippen LogP contribution < -0.4 is 0 Å². The third kappa shape index (κ3) is 3.44. The van der Waals surface area contributed by atoms with E-state index in [1.54, 1.807) is 6.07 Å². The Kier molecular flexibility index (Phi) is 4.49. The molecule has 6 heteroatoms. The maximum Gasteiger partial charge on any atom is 0.126 e. The minimum atomic E-state index is -0.148. The van der Waals surface area contributed by atoms with Gasteiger partial charge in [0.15, 0.2) is 0 Å². The molecule has 0 aliphatic heterocycles. The molecule has 0 fully saturated rings. The fourth-order valence-electron chi connectivity index (χ4n) is 2.79. The van der Waals surface area contributed by atoms with Gasteiger partial charge in [-0.3, -0.25) is 0 Å². The lowest BCUT2D eigenvalue weighted by atomic mass is 9.96. The van der Waals surface area contributed by atoms with Crippen molar-refractivity contribution in [2.75, 3.05) is 0 Å². The SMILES string of the molecule is Oc1ccc(Cc2ccc(O)c(Cc3ccc(O)cc3O)c2O)c(O)c1. The average molecular weight is 354 g/mol. The van der Waals surface area contributed by atoms with E-state index in [9.17, 15) is 30.6 Å². The maximum absolute atomic E-state index is 10.6. The molecule has 0 radical (unpaired) electrons. The number of aromatic hydroxyl groups is 6. The van der Waals surface area contributed by atoms with Gasteiger partial charge in [-0.2, -0.15) is 0 Å². The van der Waals surface area contributed by atoms with Crippen molar-refractivity contribution in [3.8, 4) is 34.5 Å². The van der Waals surface area contributed by atoms with Crippen molar-refractivity contribution in [2.24, 2.45) is 0 Å². The van der Waals surface area contributed by atoms with Gasteiger partial charge in [0, 0.05) is 30.5 Å². The number of benzene rings is 3. The summed E-state index contributed by atoms with van der Waals surface area (Å²) < 4.78 is 0. The molecule has 3 aromatic carbocycles. The summed E-state index contributed by atoms with van der Waals surface area (Å²) in [6.07, 6.45) is 0.242. The van der Waals surface area contributed by atoms with Gasteiger partial charge in [-0.1, -0.05) is 18.2 Å². The molecule has 6 N–H and O–H groups in total. The summed E-state index contributed by atoms with van der Waals surface area (Å²) in [4.78, 5) is 0. The first-order chi connectivity index (χ1) is 12.3. The Bertz CT molecular complexity index is 965. The van der Waals surface area contributed by atoms with Gasteiger partial charge in [0.1, 0.15) is 34.5 Å². The first-order valence-electron chi connectivity index (χ1n) is 7.89. The summed E-state index contributed by atoms with van der Waals surface area (Å²) in [6, 6.07) is 11.2. The molecular weight excluding hydrogens is 336 g/mol. The Morgan fingerprint density at radius 1 is 0.500 bits per heavy atom. The van der Waals surface area contributed by atoms with Crippen LogP contribution in [0.15, 0.2) is 48.5 Å². The molecule has 3 rings (SSSR count). The van der Waals surface area contributed by atoms with E-state index in [4.69, 9.17) is 0 Å². The van der Waals surface area contributed by atoms with Crippen LogP contribution in [0.25, 0.3) is 0 Å². The van der Waals surface area contributed by atoms with E-state index in [-0.39, 0.29) is 52.9 Å². The van der Waals surface area contributed by atoms with Crippen molar-refractivity contribution in [1.29, 1.82) is 0 Å². The van der Waals surface area contributed by atoms with E-state index in [0.717, 1.165) is 0 Å². The fourth-order valence-corrected chi connectivity index (χ4v) is 2.79. The van der Waals surface area contributed by atoms with Crippen molar-refractivity contribution in [1.82, 2.24) is 0 Å². The molecule has 0 spiro atoms. The molecule has 0 unspecified atom stereocenters. The van der Waals surface area contributed by atoms with E-state index in [1.165, 1.54) is 42.5 Å². The number of hydrogen-bond donors (Lipinski definition) is 6. The molecule has 0 aliphatic rings. The van der Waals surface area contributed by atoms with Gasteiger partial charge in [-0.15, -0.1) is 0 Å². The molecule has 0 saturated carbocycles. The predicted molar refractivity (Wildman–Crippen MR) is 94.9 cm³/mol. The molecule has 26 heavy (non-hydrogen) atoms. The van der Waals surface area contributed by atoms with Crippen molar-refractivity contribution >= 4 is 0 Å². The summed E-state index contributed by atoms with van der Waals surface area (Å²) >= 11 is 0. The highest BCUT2D eigenvalue weighted by Gasteiger charge is 2.16. The van der Waals surface area contributed by atoms with Gasteiger partial charge in [0.2, 0.25) is 0 Å². The van der Waals surface area contributed by atoms with E-state index >= 15 is 0 Å². The number of rotatable bonds is 4. The standard InChI is InChI=1S/C20H18O6/c21-14-4-1-11(18(24)9-14)7-13-3-6-17(23)16(20(13)26)8-12-2-5-15(22)10-19(12)25/h1-6,9-10,21-26H,7-8H2. The number of hydrogen-bond acceptors (Lipinski definition) is 6. The Balaban J connectivity index is 1.95. The van der Waals surface area contributed by atoms with Crippen LogP contribution in [0, 0.1) is 0 Å². The summed E-state index contributed by atoms with van der Waals surface area (Å²) in [5.74, 6) is -0.680. The Labute approximate surface area is 149 Å². The monoisotopic (exact) mass is 354 g/mol. The van der Waals surface area contributed by atoms with Crippen molar-refractivity contribution < 1.29 is 30.6 Å². The predicted octanol–water partition coefficient (Wildman–Crippen LogP) is 3.10. The quantitative estimate of drug-likeness (QED) is 0.428. The minimum Gasteiger partial charge on any atom is -0.508 e. The van der Waals surface area contributed by atoms with Crippen molar-refractivity contribution in [3.63, 3.8) is 0 Å². The lowest BCUT2D eigenvalue weighted by Crippen LogP contribution is -1.96. The van der Waals surface area contributed by atoms with E-state index < -0.39 is 0 Å². The van der Waals surface area contributed by atoms with Crippen LogP contribution in [-0.4, -0.2) is 30.6 Å². The van der Waals surface area contributed by atoms with Crippen LogP contribution in [0.4, 0.5) is 0 Å². The third-order valence-electron chi connectivity index (χ3n) is 4.23. The van der Waals surface area contributed by atoms with Crippen molar-refractivity contribution in [2.45, 2.75) is 12.8 Å². The van der Waals surface area contributed by atoms with Crippen LogP contribution in [0.5, 0.6) is 34.5 Å². The number of phenolic OH excluding ortho intramolecular Hbond substituents is 6. The second kappa shape index (κ2) is 6.76. The van der Waals surface area contributed by atoms with Gasteiger partial charge in [-0.05, 0) is 34.9 Å². The van der Waals surface area contributed by atoms with Gasteiger partial charge in [0.25, 0.3) is 0 Å². The second-order valence-electron chi connectivity index (χ2n) is 6.05. The zero-order chi connectivity index (χ0) is 18.8. The minimum absolute atomic E-state index is 0.0547. The summed E-state index contributed by atoms with van der Waals surface area (Å²) in [6.45, 7) is 0. The lowest BCUT2D eigenvalue weighted by molar-refractivity contribution is 0.432. The summed E-state index contributed by atoms with van der Waals surface area (Å²) in [5, 5.41) is 59.2. The highest BCUT2D eigenvalue weighted by Crippen LogP contribution is 2.37. The largest absolute Gasteiger partial charge is 0.508 e. The molecule has 0 bridgehead atoms. The van der Waals surface area contributed by atoms with E-state index in [1.807, 2.05) is 0 Å². The molecule has 0 heterocycles. The van der Waals surface area contributed by atoms with Gasteiger partial charge >= 0.3 is 0 Å². The molecule has 0 saturated heterocycles. The molecule has 0 aromatic heterocycles. The van der Waals surface area contributed by atoms with Crippen LogP contribution in [0.3, 0.4) is 0 Å². The lowest BCUT2D eigenvalue weighted by Gasteiger charge is -2.13. The molecule has 134 valence electrons. The van der Waals surface area contributed by atoms with E-state index in [2.05, 4.69) is 0 Å². The molecule has 6 nitrogen and oxygen atoms in total. The highest BCUT2D eigenvalue weighted by molar-refractivity contribution is 5.54. The Morgan fingerprint density at radius 2 is 1.00 bits per heavy atom. The van der Waals surface area contributed by atoms with Crippen molar-refractivity contribution in [3.05, 3.63) is 70.8 Å². The van der Waals surface area contributed by atoms with E-state index in [0.29, 0.717) is 16.7 Å². The summed E-state index contributed by atoms with van der Waals surface area (Å²) in [5.41, 5.74) is 1.62. The molecule has 0 aliphatic carbocycles. The zero-order valence-corrected chi connectivity index (χ0v) is 13.7. The third-order valence-corrected chi connectivity index (χ3v) is 4.23. The molecular formula is C20H18O6. The number of phenols is 6. The second-order valence-corrected chi connectivity index (χ2v) is 6.05. The first kappa shape index (κ1) is 17.3. The smallest absolute Gasteiger partial charge is 0.126 e. The molecule has 3 aromatic rings. The van der Waals surface area contributed by atoms with Gasteiger partial charge < -0.3 is 30.6 Å². The van der Waals surface area contributed by atoms with Crippen LogP contribution in [-0.2, 0) is 12.8 Å². The Hall–Kier alpha value is -3.54. The molecule has 0 amide bonds. The first-order valence-corrected chi connectivity index (χ1v) is 7.89. The normalized spacial score (nSPS) is 10.8. The topological polar surface area (TPSA) is 121 Å². The summed E-state index contributed by atoms with van der Waals surface area (Å²) in [7, 11) is 0. The maximum atomic E-state index is 10.6.